The molecule has 5 nitrogen and oxygen atoms in total. The highest BCUT2D eigenvalue weighted by molar-refractivity contribution is 7.85. The minimum absolute atomic E-state index is 0.00947. The van der Waals surface area contributed by atoms with Crippen LogP contribution < -0.4 is 5.32 Å². The van der Waals surface area contributed by atoms with E-state index in [1.807, 2.05) is 6.07 Å². The quantitative estimate of drug-likeness (QED) is 0.716. The lowest BCUT2D eigenvalue weighted by atomic mass is 10.1. The molecule has 0 unspecified atom stereocenters. The Morgan fingerprint density at radius 3 is 2.38 bits per heavy atom. The Hall–Kier alpha value is -2.54. The minimum Gasteiger partial charge on any atom is -0.467 e. The van der Waals surface area contributed by atoms with Gasteiger partial charge in [-0.15, -0.1) is 0 Å². The molecular formula is C19H20FNO4S. The van der Waals surface area contributed by atoms with E-state index < -0.39 is 28.7 Å². The Bertz CT molecular complexity index is 765. The molecule has 138 valence electrons. The third-order valence-corrected chi connectivity index (χ3v) is 5.10. The zero-order chi connectivity index (χ0) is 18.9. The summed E-state index contributed by atoms with van der Waals surface area (Å²) in [5, 5.41) is 2.60. The van der Waals surface area contributed by atoms with E-state index in [2.05, 4.69) is 5.32 Å². The number of amides is 1. The summed E-state index contributed by atoms with van der Waals surface area (Å²) in [4.78, 5) is 24.7. The van der Waals surface area contributed by atoms with Crippen LogP contribution in [0.25, 0.3) is 0 Å². The summed E-state index contributed by atoms with van der Waals surface area (Å²) in [6.45, 7) is 0. The van der Waals surface area contributed by atoms with Gasteiger partial charge in [-0.2, -0.15) is 0 Å². The summed E-state index contributed by atoms with van der Waals surface area (Å²) in [6, 6.07) is 13.6. The smallest absolute Gasteiger partial charge is 0.328 e. The second kappa shape index (κ2) is 9.82. The van der Waals surface area contributed by atoms with Crippen LogP contribution in [0.5, 0.6) is 0 Å². The summed E-state index contributed by atoms with van der Waals surface area (Å²) >= 11 is 0. The minimum atomic E-state index is -1.28. The molecule has 0 saturated carbocycles. The maximum atomic E-state index is 12.9. The zero-order valence-corrected chi connectivity index (χ0v) is 15.1. The fraction of sp³-hybridized carbons (Fsp3) is 0.263. The third-order valence-electron chi connectivity index (χ3n) is 3.70. The summed E-state index contributed by atoms with van der Waals surface area (Å²) in [6.07, 6.45) is 0.193. The Labute approximate surface area is 154 Å². The summed E-state index contributed by atoms with van der Waals surface area (Å²) in [5.41, 5.74) is 0.625. The highest BCUT2D eigenvalue weighted by atomic mass is 32.2. The SMILES string of the molecule is COC(=O)[C@H](CC[S@](=O)c1ccccc1)NC(=O)Cc1ccc(F)cc1. The van der Waals surface area contributed by atoms with Crippen LogP contribution in [-0.2, 0) is 31.5 Å². The number of hydrogen-bond donors (Lipinski definition) is 1. The highest BCUT2D eigenvalue weighted by Gasteiger charge is 2.22. The number of ether oxygens (including phenoxy) is 1. The Balaban J connectivity index is 1.94. The fourth-order valence-electron chi connectivity index (χ4n) is 2.34. The molecule has 26 heavy (non-hydrogen) atoms. The van der Waals surface area contributed by atoms with E-state index in [0.29, 0.717) is 10.5 Å². The number of halogens is 1. The second-order valence-corrected chi connectivity index (χ2v) is 7.17. The van der Waals surface area contributed by atoms with Gasteiger partial charge in [0.2, 0.25) is 5.91 Å². The van der Waals surface area contributed by atoms with Gasteiger partial charge in [0.1, 0.15) is 11.9 Å². The lowest BCUT2D eigenvalue weighted by molar-refractivity contribution is -0.145. The van der Waals surface area contributed by atoms with Gasteiger partial charge in [-0.05, 0) is 36.2 Å². The Morgan fingerprint density at radius 2 is 1.77 bits per heavy atom. The molecule has 0 bridgehead atoms. The molecule has 2 aromatic carbocycles. The fourth-order valence-corrected chi connectivity index (χ4v) is 3.49. The number of esters is 1. The van der Waals surface area contributed by atoms with Crippen LogP contribution in [0.3, 0.4) is 0 Å². The predicted molar refractivity (Wildman–Crippen MR) is 96.4 cm³/mol. The predicted octanol–water partition coefficient (Wildman–Crippen LogP) is 2.22. The molecule has 0 aliphatic rings. The molecule has 0 spiro atoms. The molecule has 0 fully saturated rings. The summed E-state index contributed by atoms with van der Waals surface area (Å²) in [7, 11) is -0.0469. The topological polar surface area (TPSA) is 72.5 Å². The van der Waals surface area contributed by atoms with Crippen molar-refractivity contribution in [2.45, 2.75) is 23.8 Å². The maximum absolute atomic E-state index is 12.9. The van der Waals surface area contributed by atoms with Gasteiger partial charge in [-0.1, -0.05) is 30.3 Å². The number of carbonyl (C=O) groups excluding carboxylic acids is 2. The molecule has 0 aromatic heterocycles. The van der Waals surface area contributed by atoms with Gasteiger partial charge in [0, 0.05) is 10.6 Å². The molecule has 0 radical (unpaired) electrons. The molecule has 0 aliphatic heterocycles. The molecular weight excluding hydrogens is 357 g/mol. The number of nitrogens with one attached hydrogen (secondary N) is 1. The lowest BCUT2D eigenvalue weighted by Gasteiger charge is -2.16. The molecule has 1 amide bonds. The van der Waals surface area contributed by atoms with Crippen molar-refractivity contribution in [3.8, 4) is 0 Å². The first kappa shape index (κ1) is 19.8. The largest absolute Gasteiger partial charge is 0.467 e. The van der Waals surface area contributed by atoms with Crippen LogP contribution in [0.2, 0.25) is 0 Å². The molecule has 0 aliphatic carbocycles. The standard InChI is InChI=1S/C19H20FNO4S/c1-25-19(23)17(11-12-26(24)16-5-3-2-4-6-16)21-18(22)13-14-7-9-15(20)10-8-14/h2-10,17H,11-13H2,1H3,(H,21,22)/t17-,26-/m0/s1. The van der Waals surface area contributed by atoms with Crippen LogP contribution in [0, 0.1) is 5.82 Å². The van der Waals surface area contributed by atoms with Crippen LogP contribution >= 0.6 is 0 Å². The van der Waals surface area contributed by atoms with Crippen molar-refractivity contribution in [3.63, 3.8) is 0 Å². The maximum Gasteiger partial charge on any atom is 0.328 e. The Morgan fingerprint density at radius 1 is 1.12 bits per heavy atom. The normalized spacial score (nSPS) is 12.8. The van der Waals surface area contributed by atoms with Crippen molar-refractivity contribution in [1.82, 2.24) is 5.32 Å². The van der Waals surface area contributed by atoms with E-state index in [9.17, 15) is 18.2 Å². The number of methoxy groups -OCH3 is 1. The molecule has 2 aromatic rings. The number of benzene rings is 2. The van der Waals surface area contributed by atoms with E-state index in [0.717, 1.165) is 0 Å². The van der Waals surface area contributed by atoms with E-state index in [1.165, 1.54) is 31.4 Å². The van der Waals surface area contributed by atoms with Crippen molar-refractivity contribution in [2.75, 3.05) is 12.9 Å². The van der Waals surface area contributed by atoms with Crippen molar-refractivity contribution in [2.24, 2.45) is 0 Å². The molecule has 2 atom stereocenters. The summed E-state index contributed by atoms with van der Waals surface area (Å²) < 4.78 is 29.9. The molecule has 1 N–H and O–H groups in total. The van der Waals surface area contributed by atoms with Gasteiger partial charge in [-0.3, -0.25) is 9.00 Å². The molecule has 0 heterocycles. The van der Waals surface area contributed by atoms with Crippen LogP contribution in [-0.4, -0.2) is 35.0 Å². The van der Waals surface area contributed by atoms with Gasteiger partial charge < -0.3 is 10.1 Å². The van der Waals surface area contributed by atoms with E-state index in [1.54, 1.807) is 24.3 Å². The summed E-state index contributed by atoms with van der Waals surface area (Å²) in [5.74, 6) is -1.16. The van der Waals surface area contributed by atoms with Gasteiger partial charge in [0.15, 0.2) is 0 Å². The Kier molecular flexibility index (Phi) is 7.47. The third kappa shape index (κ3) is 6.07. The van der Waals surface area contributed by atoms with Crippen LogP contribution in [0.1, 0.15) is 12.0 Å². The average Bonchev–Trinajstić information content (AvgIpc) is 2.66. The van der Waals surface area contributed by atoms with Gasteiger partial charge in [-0.25, -0.2) is 9.18 Å². The lowest BCUT2D eigenvalue weighted by Crippen LogP contribution is -2.43. The van der Waals surface area contributed by atoms with Crippen LogP contribution in [0.4, 0.5) is 4.39 Å². The van der Waals surface area contributed by atoms with E-state index >= 15 is 0 Å². The van der Waals surface area contributed by atoms with Crippen molar-refractivity contribution in [3.05, 3.63) is 66.0 Å². The molecule has 0 saturated heterocycles. The average molecular weight is 377 g/mol. The zero-order valence-electron chi connectivity index (χ0n) is 14.3. The van der Waals surface area contributed by atoms with Crippen molar-refractivity contribution >= 4 is 22.7 Å². The molecule has 7 heteroatoms. The first-order valence-corrected chi connectivity index (χ1v) is 9.36. The second-order valence-electron chi connectivity index (χ2n) is 5.60. The number of rotatable bonds is 8. The van der Waals surface area contributed by atoms with E-state index in [4.69, 9.17) is 4.74 Å². The number of carbonyl (C=O) groups is 2. The van der Waals surface area contributed by atoms with E-state index in [-0.39, 0.29) is 24.4 Å². The number of hydrogen-bond acceptors (Lipinski definition) is 4. The van der Waals surface area contributed by atoms with Crippen LogP contribution in [0.15, 0.2) is 59.5 Å². The highest BCUT2D eigenvalue weighted by Crippen LogP contribution is 2.09. The monoisotopic (exact) mass is 377 g/mol. The first-order valence-electron chi connectivity index (χ1n) is 8.04. The van der Waals surface area contributed by atoms with Gasteiger partial charge in [0.05, 0.1) is 24.3 Å². The van der Waals surface area contributed by atoms with Crippen molar-refractivity contribution in [1.29, 1.82) is 0 Å². The van der Waals surface area contributed by atoms with Gasteiger partial charge in [0.25, 0.3) is 0 Å². The van der Waals surface area contributed by atoms with Crippen molar-refractivity contribution < 1.29 is 22.9 Å². The molecule has 2 rings (SSSR count). The first-order chi connectivity index (χ1) is 12.5. The van der Waals surface area contributed by atoms with Gasteiger partial charge >= 0.3 is 5.97 Å².